The van der Waals surface area contributed by atoms with Crippen molar-refractivity contribution in [3.63, 3.8) is 0 Å². The van der Waals surface area contributed by atoms with Crippen LogP contribution in [0.1, 0.15) is 48.0 Å². The maximum Gasteiger partial charge on any atom is 0.350 e. The van der Waals surface area contributed by atoms with E-state index >= 15 is 0 Å². The quantitative estimate of drug-likeness (QED) is 0.582. The molecule has 0 aromatic rings. The highest BCUT2D eigenvalue weighted by Crippen LogP contribution is 2.19. The molecular weight excluding hydrogens is 212 g/mol. The number of aliphatic hydroxyl groups excluding tert-OH is 1. The average Bonchev–Trinajstić information content (AvgIpc) is 1.98. The van der Waals surface area contributed by atoms with Crippen LogP contribution in [0.5, 0.6) is 0 Å². The third-order valence-corrected chi connectivity index (χ3v) is 1.77. The van der Waals surface area contributed by atoms with Gasteiger partial charge in [-0.25, -0.2) is 4.79 Å². The molecule has 0 saturated carbocycles. The first-order chi connectivity index (χ1) is 7.04. The SMILES string of the molecule is CC(O)CC(C)(C)OOOC(=O)C(C)(C)C. The van der Waals surface area contributed by atoms with Crippen LogP contribution in [0, 0.1) is 5.41 Å². The number of hydrogen-bond acceptors (Lipinski definition) is 5. The summed E-state index contributed by atoms with van der Waals surface area (Å²) in [4.78, 5) is 20.7. The number of carbonyl (C=O) groups excluding carboxylic acids is 1. The first kappa shape index (κ1) is 15.3. The molecule has 0 aliphatic rings. The van der Waals surface area contributed by atoms with Gasteiger partial charge in [-0.3, -0.25) is 4.89 Å². The molecule has 0 aromatic carbocycles. The van der Waals surface area contributed by atoms with Gasteiger partial charge >= 0.3 is 5.97 Å². The Hall–Kier alpha value is -0.650. The highest BCUT2D eigenvalue weighted by molar-refractivity contribution is 5.74. The third-order valence-electron chi connectivity index (χ3n) is 1.77. The Morgan fingerprint density at radius 1 is 1.25 bits per heavy atom. The lowest BCUT2D eigenvalue weighted by Gasteiger charge is -2.24. The van der Waals surface area contributed by atoms with Crippen LogP contribution in [0.4, 0.5) is 0 Å². The summed E-state index contributed by atoms with van der Waals surface area (Å²) in [6.45, 7) is 10.2. The zero-order chi connectivity index (χ0) is 13.0. The minimum absolute atomic E-state index is 0.375. The summed E-state index contributed by atoms with van der Waals surface area (Å²) in [7, 11) is 0. The van der Waals surface area contributed by atoms with Gasteiger partial charge in [0.05, 0.1) is 11.5 Å². The Kier molecular flexibility index (Phi) is 5.38. The smallest absolute Gasteiger partial charge is 0.350 e. The molecule has 0 aliphatic heterocycles. The normalized spacial score (nSPS) is 14.7. The van der Waals surface area contributed by atoms with Gasteiger partial charge in [0.25, 0.3) is 0 Å². The van der Waals surface area contributed by atoms with E-state index in [2.05, 4.69) is 9.93 Å². The predicted molar refractivity (Wildman–Crippen MR) is 58.1 cm³/mol. The lowest BCUT2D eigenvalue weighted by atomic mass is 9.98. The molecule has 0 rings (SSSR count). The van der Waals surface area contributed by atoms with Gasteiger partial charge in [0.15, 0.2) is 0 Å². The van der Waals surface area contributed by atoms with E-state index in [1.807, 2.05) is 0 Å². The number of rotatable bonds is 5. The van der Waals surface area contributed by atoms with E-state index in [4.69, 9.17) is 4.89 Å². The molecule has 1 N–H and O–H groups in total. The van der Waals surface area contributed by atoms with Gasteiger partial charge in [0.2, 0.25) is 0 Å². The second-order valence-corrected chi connectivity index (χ2v) is 5.59. The third kappa shape index (κ3) is 6.76. The zero-order valence-corrected chi connectivity index (χ0v) is 10.9. The van der Waals surface area contributed by atoms with Crippen LogP contribution < -0.4 is 0 Å². The number of aliphatic hydroxyl groups is 1. The van der Waals surface area contributed by atoms with Crippen molar-refractivity contribution in [2.75, 3.05) is 0 Å². The fraction of sp³-hybridized carbons (Fsp3) is 0.909. The summed E-state index contributed by atoms with van der Waals surface area (Å²) in [6, 6.07) is 0. The van der Waals surface area contributed by atoms with Crippen molar-refractivity contribution in [3.8, 4) is 0 Å². The molecule has 5 nitrogen and oxygen atoms in total. The van der Waals surface area contributed by atoms with E-state index < -0.39 is 23.1 Å². The molecule has 0 aromatic heterocycles. The molecule has 0 aliphatic carbocycles. The first-order valence-corrected chi connectivity index (χ1v) is 5.29. The van der Waals surface area contributed by atoms with Gasteiger partial charge in [0, 0.05) is 6.42 Å². The van der Waals surface area contributed by atoms with Gasteiger partial charge in [-0.15, -0.1) is 0 Å². The van der Waals surface area contributed by atoms with Crippen molar-refractivity contribution < 1.29 is 24.7 Å². The van der Waals surface area contributed by atoms with Crippen LogP contribution in [-0.2, 0) is 19.6 Å². The predicted octanol–water partition coefficient (Wildman–Crippen LogP) is 1.99. The standard InChI is InChI=1S/C11H22O5/c1-8(12)7-11(5,6)15-16-14-9(13)10(2,3)4/h8,12H,7H2,1-6H3. The first-order valence-electron chi connectivity index (χ1n) is 5.29. The van der Waals surface area contributed by atoms with Crippen LogP contribution in [-0.4, -0.2) is 22.8 Å². The molecule has 16 heavy (non-hydrogen) atoms. The molecule has 1 atom stereocenters. The molecule has 0 radical (unpaired) electrons. The fourth-order valence-corrected chi connectivity index (χ4v) is 1.01. The molecule has 5 heteroatoms. The Bertz CT molecular complexity index is 227. The molecule has 0 bridgehead atoms. The van der Waals surface area contributed by atoms with Crippen molar-refractivity contribution in [3.05, 3.63) is 0 Å². The van der Waals surface area contributed by atoms with Crippen molar-refractivity contribution in [2.45, 2.75) is 59.7 Å². The van der Waals surface area contributed by atoms with Gasteiger partial charge in [-0.1, -0.05) is 0 Å². The van der Waals surface area contributed by atoms with Crippen molar-refractivity contribution in [2.24, 2.45) is 5.41 Å². The van der Waals surface area contributed by atoms with E-state index in [-0.39, 0.29) is 0 Å². The molecule has 0 saturated heterocycles. The van der Waals surface area contributed by atoms with E-state index in [9.17, 15) is 9.90 Å². The number of carbonyl (C=O) groups is 1. The highest BCUT2D eigenvalue weighted by atomic mass is 17.5. The Balaban J connectivity index is 3.94. The summed E-state index contributed by atoms with van der Waals surface area (Å²) in [5.74, 6) is -0.514. The monoisotopic (exact) mass is 234 g/mol. The van der Waals surface area contributed by atoms with Crippen LogP contribution in [0.3, 0.4) is 0 Å². The molecule has 0 amide bonds. The van der Waals surface area contributed by atoms with E-state index in [0.717, 1.165) is 0 Å². The molecule has 0 spiro atoms. The molecular formula is C11H22O5. The van der Waals surface area contributed by atoms with Crippen molar-refractivity contribution >= 4 is 5.97 Å². The molecule has 0 heterocycles. The maximum atomic E-state index is 11.3. The molecule has 0 fully saturated rings. The zero-order valence-electron chi connectivity index (χ0n) is 10.9. The second kappa shape index (κ2) is 5.61. The van der Waals surface area contributed by atoms with Gasteiger partial charge in [-0.05, 0) is 46.6 Å². The second-order valence-electron chi connectivity index (χ2n) is 5.59. The maximum absolute atomic E-state index is 11.3. The van der Waals surface area contributed by atoms with Crippen molar-refractivity contribution in [1.82, 2.24) is 0 Å². The van der Waals surface area contributed by atoms with Crippen LogP contribution in [0.2, 0.25) is 0 Å². The van der Waals surface area contributed by atoms with Gasteiger partial charge < -0.3 is 5.11 Å². The summed E-state index contributed by atoms with van der Waals surface area (Å²) < 4.78 is 0. The molecule has 1 unspecified atom stereocenters. The van der Waals surface area contributed by atoms with E-state index in [1.165, 1.54) is 0 Å². The highest BCUT2D eigenvalue weighted by Gasteiger charge is 2.27. The lowest BCUT2D eigenvalue weighted by molar-refractivity contribution is -0.519. The Morgan fingerprint density at radius 2 is 1.75 bits per heavy atom. The summed E-state index contributed by atoms with van der Waals surface area (Å²) >= 11 is 0. The summed E-state index contributed by atoms with van der Waals surface area (Å²) in [5.41, 5.74) is -1.36. The van der Waals surface area contributed by atoms with E-state index in [1.54, 1.807) is 41.5 Å². The van der Waals surface area contributed by atoms with Gasteiger partial charge in [-0.2, -0.15) is 4.89 Å². The summed E-state index contributed by atoms with van der Waals surface area (Å²) in [5, 5.41) is 13.6. The largest absolute Gasteiger partial charge is 0.393 e. The summed E-state index contributed by atoms with van der Waals surface area (Å²) in [6.07, 6.45) is -0.142. The van der Waals surface area contributed by atoms with Gasteiger partial charge in [0.1, 0.15) is 5.60 Å². The Morgan fingerprint density at radius 3 is 2.12 bits per heavy atom. The van der Waals surface area contributed by atoms with Crippen LogP contribution >= 0.6 is 0 Å². The van der Waals surface area contributed by atoms with Crippen LogP contribution in [0.15, 0.2) is 0 Å². The fourth-order valence-electron chi connectivity index (χ4n) is 1.01. The number of hydrogen-bond donors (Lipinski definition) is 1. The van der Waals surface area contributed by atoms with E-state index in [0.29, 0.717) is 6.42 Å². The van der Waals surface area contributed by atoms with Crippen LogP contribution in [0.25, 0.3) is 0 Å². The molecule has 96 valence electrons. The minimum atomic E-state index is -0.716. The topological polar surface area (TPSA) is 65.0 Å². The minimum Gasteiger partial charge on any atom is -0.393 e. The average molecular weight is 234 g/mol. The lowest BCUT2D eigenvalue weighted by Crippen LogP contribution is -2.31. The van der Waals surface area contributed by atoms with Crippen molar-refractivity contribution in [1.29, 1.82) is 0 Å². The Labute approximate surface area is 96.5 Å².